The Hall–Kier alpha value is -4.01. The fourth-order valence-corrected chi connectivity index (χ4v) is 2.57. The van der Waals surface area contributed by atoms with Crippen molar-refractivity contribution in [2.75, 3.05) is 11.9 Å². The van der Waals surface area contributed by atoms with Gasteiger partial charge >= 0.3 is 0 Å². The lowest BCUT2D eigenvalue weighted by molar-refractivity contribution is -0.109. The van der Waals surface area contributed by atoms with Crippen LogP contribution in [-0.4, -0.2) is 37.6 Å². The van der Waals surface area contributed by atoms with Gasteiger partial charge in [-0.25, -0.2) is 15.0 Å². The third kappa shape index (κ3) is 3.88. The second-order valence-corrected chi connectivity index (χ2v) is 5.81. The van der Waals surface area contributed by atoms with Crippen molar-refractivity contribution in [3.8, 4) is 17.4 Å². The number of carbonyl (C=O) groups excluding carboxylic acids is 1. The van der Waals surface area contributed by atoms with Crippen molar-refractivity contribution in [3.05, 3.63) is 55.1 Å². The molecule has 4 rings (SSSR count). The van der Waals surface area contributed by atoms with Crippen LogP contribution < -0.4 is 14.8 Å². The van der Waals surface area contributed by atoms with Gasteiger partial charge in [0.05, 0.1) is 11.7 Å². The number of aryl methyl sites for hydroxylation is 1. The first kappa shape index (κ1) is 17.4. The minimum Gasteiger partial charge on any atom is -0.485 e. The van der Waals surface area contributed by atoms with Crippen molar-refractivity contribution in [1.82, 2.24) is 24.7 Å². The molecule has 3 aromatic heterocycles. The molecule has 28 heavy (non-hydrogen) atoms. The summed E-state index contributed by atoms with van der Waals surface area (Å²) in [5.41, 5.74) is 0.770. The van der Waals surface area contributed by atoms with Crippen LogP contribution in [0.4, 0.5) is 11.6 Å². The van der Waals surface area contributed by atoms with Gasteiger partial charge in [-0.3, -0.25) is 9.48 Å². The number of benzene rings is 1. The Morgan fingerprint density at radius 1 is 1.11 bits per heavy atom. The number of pyridine rings is 1. The third-order valence-electron chi connectivity index (χ3n) is 3.82. The molecule has 0 fully saturated rings. The Bertz CT molecular complexity index is 1110. The van der Waals surface area contributed by atoms with Crippen LogP contribution in [0, 0.1) is 0 Å². The predicted molar refractivity (Wildman–Crippen MR) is 102 cm³/mol. The molecule has 9 nitrogen and oxygen atoms in total. The maximum Gasteiger partial charge on any atom is 0.219 e. The molecule has 0 saturated heterocycles. The topological polar surface area (TPSA) is 104 Å². The molecule has 0 aliphatic carbocycles. The van der Waals surface area contributed by atoms with Crippen molar-refractivity contribution in [1.29, 1.82) is 0 Å². The van der Waals surface area contributed by atoms with Gasteiger partial charge in [0.1, 0.15) is 30.3 Å². The van der Waals surface area contributed by atoms with Gasteiger partial charge in [0, 0.05) is 30.8 Å². The zero-order valence-electron chi connectivity index (χ0n) is 14.9. The highest BCUT2D eigenvalue weighted by atomic mass is 16.5. The van der Waals surface area contributed by atoms with E-state index in [1.165, 1.54) is 12.5 Å². The van der Waals surface area contributed by atoms with Crippen molar-refractivity contribution in [2.45, 2.75) is 0 Å². The zero-order chi connectivity index (χ0) is 19.3. The summed E-state index contributed by atoms with van der Waals surface area (Å²) in [5, 5.41) is 8.28. The number of nitrogens with one attached hydrogen (secondary N) is 1. The van der Waals surface area contributed by atoms with Crippen LogP contribution in [0.2, 0.25) is 0 Å². The fourth-order valence-electron chi connectivity index (χ4n) is 2.57. The van der Waals surface area contributed by atoms with Crippen molar-refractivity contribution < 1.29 is 14.3 Å². The highest BCUT2D eigenvalue weighted by Crippen LogP contribution is 2.28. The van der Waals surface area contributed by atoms with Gasteiger partial charge in [0.25, 0.3) is 0 Å². The van der Waals surface area contributed by atoms with Gasteiger partial charge in [-0.2, -0.15) is 5.10 Å². The Kier molecular flexibility index (Phi) is 4.79. The lowest BCUT2D eigenvalue weighted by Crippen LogP contribution is -1.99. The summed E-state index contributed by atoms with van der Waals surface area (Å²) in [6.07, 6.45) is 5.51. The summed E-state index contributed by atoms with van der Waals surface area (Å²) in [5.74, 6) is 2.78. The number of carbonyl (C=O) groups is 1. The molecule has 0 spiro atoms. The van der Waals surface area contributed by atoms with Gasteiger partial charge in [-0.1, -0.05) is 0 Å². The molecular weight excluding hydrogens is 360 g/mol. The number of nitrogens with zero attached hydrogens (tertiary/aromatic N) is 5. The summed E-state index contributed by atoms with van der Waals surface area (Å²) in [6, 6.07) is 10.7. The number of rotatable bonds is 7. The number of anilines is 2. The fraction of sp³-hybridized carbons (Fsp3) is 0.105. The average Bonchev–Trinajstić information content (AvgIpc) is 3.12. The maximum atomic E-state index is 10.3. The van der Waals surface area contributed by atoms with Gasteiger partial charge < -0.3 is 14.8 Å². The standard InChI is InChI=1S/C19H16N6O3/c1-25-7-6-17(24-25)23-19-15-10-13(2-4-16(15)21-12-22-19)28-18-5-3-14(11-20-18)27-9-8-26/h2-8,10-12H,9H2,1H3,(H,21,22,23,24). The van der Waals surface area contributed by atoms with Crippen LogP contribution in [0.15, 0.2) is 55.1 Å². The minimum atomic E-state index is -0.0153. The monoisotopic (exact) mass is 376 g/mol. The van der Waals surface area contributed by atoms with E-state index in [9.17, 15) is 4.79 Å². The Labute approximate surface area is 160 Å². The summed E-state index contributed by atoms with van der Waals surface area (Å²) >= 11 is 0. The average molecular weight is 376 g/mol. The Morgan fingerprint density at radius 2 is 2.00 bits per heavy atom. The van der Waals surface area contributed by atoms with Crippen LogP contribution in [0.5, 0.6) is 17.4 Å². The molecular formula is C19H16N6O3. The summed E-state index contributed by atoms with van der Waals surface area (Å²) in [7, 11) is 1.84. The number of aldehydes is 1. The van der Waals surface area contributed by atoms with E-state index in [0.29, 0.717) is 35.3 Å². The Balaban J connectivity index is 1.58. The number of aromatic nitrogens is 5. The SMILES string of the molecule is Cn1ccc(Nc2ncnc3ccc(Oc4ccc(OCC=O)cn4)cc23)n1. The normalized spacial score (nSPS) is 10.6. The van der Waals surface area contributed by atoms with E-state index >= 15 is 0 Å². The molecule has 1 N–H and O–H groups in total. The van der Waals surface area contributed by atoms with Crippen molar-refractivity contribution in [2.24, 2.45) is 7.05 Å². The van der Waals surface area contributed by atoms with Crippen LogP contribution in [-0.2, 0) is 11.8 Å². The summed E-state index contributed by atoms with van der Waals surface area (Å²) < 4.78 is 12.7. The summed E-state index contributed by atoms with van der Waals surface area (Å²) in [4.78, 5) is 23.1. The molecule has 140 valence electrons. The van der Waals surface area contributed by atoms with Crippen LogP contribution in [0.1, 0.15) is 0 Å². The highest BCUT2D eigenvalue weighted by Gasteiger charge is 2.08. The second kappa shape index (κ2) is 7.70. The zero-order valence-corrected chi connectivity index (χ0v) is 14.9. The number of hydrogen-bond donors (Lipinski definition) is 1. The van der Waals surface area contributed by atoms with Gasteiger partial charge in [0.2, 0.25) is 5.88 Å². The second-order valence-electron chi connectivity index (χ2n) is 5.81. The van der Waals surface area contributed by atoms with Crippen LogP contribution in [0.25, 0.3) is 10.9 Å². The molecule has 0 bridgehead atoms. The first-order valence-corrected chi connectivity index (χ1v) is 8.43. The van der Waals surface area contributed by atoms with E-state index in [4.69, 9.17) is 9.47 Å². The molecule has 0 saturated carbocycles. The van der Waals surface area contributed by atoms with E-state index in [2.05, 4.69) is 25.4 Å². The van der Waals surface area contributed by atoms with E-state index in [1.54, 1.807) is 22.9 Å². The lowest BCUT2D eigenvalue weighted by Gasteiger charge is -2.09. The first-order chi connectivity index (χ1) is 13.7. The summed E-state index contributed by atoms with van der Waals surface area (Å²) in [6.45, 7) is -0.0153. The first-order valence-electron chi connectivity index (χ1n) is 8.43. The van der Waals surface area contributed by atoms with E-state index < -0.39 is 0 Å². The van der Waals surface area contributed by atoms with Crippen molar-refractivity contribution >= 4 is 28.8 Å². The highest BCUT2D eigenvalue weighted by molar-refractivity contribution is 5.91. The van der Waals surface area contributed by atoms with Gasteiger partial charge in [-0.05, 0) is 24.3 Å². The van der Waals surface area contributed by atoms with Gasteiger partial charge in [-0.15, -0.1) is 0 Å². The predicted octanol–water partition coefficient (Wildman–Crippen LogP) is 2.87. The number of hydrogen-bond acceptors (Lipinski definition) is 8. The molecule has 0 atom stereocenters. The smallest absolute Gasteiger partial charge is 0.219 e. The molecule has 0 aliphatic rings. The maximum absolute atomic E-state index is 10.3. The largest absolute Gasteiger partial charge is 0.485 e. The Morgan fingerprint density at radius 3 is 2.75 bits per heavy atom. The molecule has 0 amide bonds. The molecule has 0 radical (unpaired) electrons. The number of ether oxygens (including phenoxy) is 2. The van der Waals surface area contributed by atoms with E-state index in [0.717, 1.165) is 10.9 Å². The van der Waals surface area contributed by atoms with E-state index in [-0.39, 0.29) is 6.61 Å². The minimum absolute atomic E-state index is 0.0153. The third-order valence-corrected chi connectivity index (χ3v) is 3.82. The van der Waals surface area contributed by atoms with Crippen molar-refractivity contribution in [3.63, 3.8) is 0 Å². The van der Waals surface area contributed by atoms with E-state index in [1.807, 2.05) is 31.4 Å². The van der Waals surface area contributed by atoms with Gasteiger partial charge in [0.15, 0.2) is 12.1 Å². The quantitative estimate of drug-likeness (QED) is 0.491. The molecule has 4 aromatic rings. The molecule has 3 heterocycles. The molecule has 0 unspecified atom stereocenters. The molecule has 9 heteroatoms. The van der Waals surface area contributed by atoms with Crippen LogP contribution >= 0.6 is 0 Å². The molecule has 1 aromatic carbocycles. The lowest BCUT2D eigenvalue weighted by atomic mass is 10.2. The molecule has 0 aliphatic heterocycles. The number of fused-ring (bicyclic) bond motifs is 1. The van der Waals surface area contributed by atoms with Crippen LogP contribution in [0.3, 0.4) is 0 Å².